The van der Waals surface area contributed by atoms with Crippen LogP contribution in [0.4, 0.5) is 11.4 Å². The number of rotatable bonds is 6. The molecular formula is C21H23N5O5S. The molecule has 0 aliphatic carbocycles. The van der Waals surface area contributed by atoms with Crippen molar-refractivity contribution in [3.63, 3.8) is 0 Å². The number of anilines is 1. The molecule has 0 aliphatic heterocycles. The van der Waals surface area contributed by atoms with Crippen molar-refractivity contribution in [1.82, 2.24) is 9.78 Å². The Morgan fingerprint density at radius 2 is 1.78 bits per heavy atom. The number of nitrogens with two attached hydrogens (primary N) is 1. The number of hydrogen-bond acceptors (Lipinski definition) is 6. The average Bonchev–Trinajstić information content (AvgIpc) is 2.98. The fraction of sp³-hybridized carbons (Fsp3) is 0.238. The minimum Gasteiger partial charge on any atom is -0.322 e. The van der Waals surface area contributed by atoms with Crippen molar-refractivity contribution in [1.29, 1.82) is 0 Å². The SMILES string of the molecule is Cc1cc(S(N)(=O)=O)cc(NC(=O)c2ccc(Cn3nc(C)c([N+](=O)[O-])c3C)cc2)c1C. The third-order valence-corrected chi connectivity index (χ3v) is 6.18. The molecule has 0 unspecified atom stereocenters. The largest absolute Gasteiger partial charge is 0.322 e. The molecule has 0 saturated carbocycles. The molecule has 1 heterocycles. The number of nitrogens with one attached hydrogen (secondary N) is 1. The van der Waals surface area contributed by atoms with Gasteiger partial charge in [0.2, 0.25) is 10.0 Å². The van der Waals surface area contributed by atoms with Crippen LogP contribution in [0.25, 0.3) is 0 Å². The predicted octanol–water partition coefficient (Wildman–Crippen LogP) is 2.97. The van der Waals surface area contributed by atoms with Gasteiger partial charge in [0.25, 0.3) is 5.91 Å². The predicted molar refractivity (Wildman–Crippen MR) is 119 cm³/mol. The number of nitrogens with zero attached hydrogens (tertiary/aromatic N) is 3. The zero-order valence-corrected chi connectivity index (χ0v) is 18.9. The molecule has 3 rings (SSSR count). The molecule has 2 aromatic carbocycles. The van der Waals surface area contributed by atoms with E-state index in [0.717, 1.165) is 11.1 Å². The van der Waals surface area contributed by atoms with E-state index in [2.05, 4.69) is 10.4 Å². The molecule has 1 amide bonds. The summed E-state index contributed by atoms with van der Waals surface area (Å²) in [6, 6.07) is 9.50. The van der Waals surface area contributed by atoms with E-state index in [4.69, 9.17) is 5.14 Å². The second kappa shape index (κ2) is 8.52. The summed E-state index contributed by atoms with van der Waals surface area (Å²) in [6.07, 6.45) is 0. The van der Waals surface area contributed by atoms with E-state index in [9.17, 15) is 23.3 Å². The van der Waals surface area contributed by atoms with E-state index in [-0.39, 0.29) is 10.6 Å². The quantitative estimate of drug-likeness (QED) is 0.429. The molecule has 10 nitrogen and oxygen atoms in total. The Kier molecular flexibility index (Phi) is 6.15. The second-order valence-corrected chi connectivity index (χ2v) is 9.10. The third-order valence-electron chi connectivity index (χ3n) is 5.29. The first-order valence-corrected chi connectivity index (χ1v) is 11.2. The number of primary sulfonamides is 1. The van der Waals surface area contributed by atoms with Crippen LogP contribution in [0.2, 0.25) is 0 Å². The number of hydrogen-bond donors (Lipinski definition) is 2. The molecule has 168 valence electrons. The third kappa shape index (κ3) is 4.68. The van der Waals surface area contributed by atoms with Gasteiger partial charge in [0.05, 0.1) is 16.4 Å². The normalized spacial score (nSPS) is 11.4. The highest BCUT2D eigenvalue weighted by Gasteiger charge is 2.21. The van der Waals surface area contributed by atoms with E-state index in [1.165, 1.54) is 12.1 Å². The van der Waals surface area contributed by atoms with Crippen LogP contribution in [0.1, 0.15) is 38.4 Å². The molecule has 0 spiro atoms. The van der Waals surface area contributed by atoms with Crippen LogP contribution in [0, 0.1) is 37.8 Å². The van der Waals surface area contributed by atoms with Gasteiger partial charge in [-0.2, -0.15) is 5.10 Å². The first kappa shape index (κ1) is 23.1. The number of nitro groups is 1. The standard InChI is InChI=1S/C21H23N5O5S/c1-12-9-18(32(22,30)31)10-19(13(12)2)23-21(27)17-7-5-16(6-8-17)11-25-15(4)20(26(28)29)14(3)24-25/h5-10H,11H2,1-4H3,(H,23,27)(H2,22,30,31). The van der Waals surface area contributed by atoms with Crippen LogP contribution in [-0.4, -0.2) is 29.0 Å². The smallest absolute Gasteiger partial charge is 0.312 e. The first-order valence-electron chi connectivity index (χ1n) is 9.61. The lowest BCUT2D eigenvalue weighted by Gasteiger charge is -2.13. The monoisotopic (exact) mass is 457 g/mol. The zero-order valence-electron chi connectivity index (χ0n) is 18.0. The zero-order chi connectivity index (χ0) is 23.8. The van der Waals surface area contributed by atoms with Crippen molar-refractivity contribution in [2.75, 3.05) is 5.32 Å². The van der Waals surface area contributed by atoms with Crippen LogP contribution in [-0.2, 0) is 16.6 Å². The van der Waals surface area contributed by atoms with Crippen molar-refractivity contribution in [2.24, 2.45) is 5.14 Å². The average molecular weight is 458 g/mol. The van der Waals surface area contributed by atoms with Crippen LogP contribution >= 0.6 is 0 Å². The van der Waals surface area contributed by atoms with Crippen molar-refractivity contribution in [2.45, 2.75) is 39.1 Å². The molecular weight excluding hydrogens is 434 g/mol. The molecule has 1 aromatic heterocycles. The molecule has 32 heavy (non-hydrogen) atoms. The Labute approximate surface area is 185 Å². The summed E-state index contributed by atoms with van der Waals surface area (Å²) in [6.45, 7) is 7.05. The molecule has 0 bridgehead atoms. The number of aromatic nitrogens is 2. The van der Waals surface area contributed by atoms with Gasteiger partial charge in [0, 0.05) is 11.3 Å². The second-order valence-electron chi connectivity index (χ2n) is 7.54. The van der Waals surface area contributed by atoms with E-state index >= 15 is 0 Å². The number of amides is 1. The number of carbonyl (C=O) groups is 1. The van der Waals surface area contributed by atoms with Gasteiger partial charge in [-0.3, -0.25) is 19.6 Å². The van der Waals surface area contributed by atoms with E-state index in [0.29, 0.717) is 34.7 Å². The molecule has 3 N–H and O–H groups in total. The van der Waals surface area contributed by atoms with Gasteiger partial charge < -0.3 is 5.32 Å². The lowest BCUT2D eigenvalue weighted by Crippen LogP contribution is -2.16. The van der Waals surface area contributed by atoms with Crippen LogP contribution in [0.3, 0.4) is 0 Å². The molecule has 0 saturated heterocycles. The fourth-order valence-corrected chi connectivity index (χ4v) is 3.98. The number of carbonyl (C=O) groups excluding carboxylic acids is 1. The molecule has 0 radical (unpaired) electrons. The Balaban J connectivity index is 1.80. The maximum atomic E-state index is 12.7. The first-order chi connectivity index (χ1) is 14.9. The van der Waals surface area contributed by atoms with Gasteiger partial charge in [-0.1, -0.05) is 12.1 Å². The maximum Gasteiger partial charge on any atom is 0.312 e. The minimum atomic E-state index is -3.91. The van der Waals surface area contributed by atoms with Gasteiger partial charge in [0.15, 0.2) is 0 Å². The van der Waals surface area contributed by atoms with Gasteiger partial charge in [-0.15, -0.1) is 0 Å². The van der Waals surface area contributed by atoms with E-state index < -0.39 is 20.9 Å². The molecule has 11 heteroatoms. The Morgan fingerprint density at radius 1 is 1.16 bits per heavy atom. The number of benzene rings is 2. The summed E-state index contributed by atoms with van der Waals surface area (Å²) in [5, 5.41) is 23.3. The van der Waals surface area contributed by atoms with Gasteiger partial charge in [-0.25, -0.2) is 13.6 Å². The Bertz CT molecular complexity index is 1330. The summed E-state index contributed by atoms with van der Waals surface area (Å²) >= 11 is 0. The van der Waals surface area contributed by atoms with Crippen molar-refractivity contribution >= 4 is 27.3 Å². The molecule has 0 fully saturated rings. The fourth-order valence-electron chi connectivity index (χ4n) is 3.35. The van der Waals surface area contributed by atoms with Gasteiger partial charge >= 0.3 is 5.69 Å². The lowest BCUT2D eigenvalue weighted by molar-refractivity contribution is -0.386. The molecule has 0 atom stereocenters. The molecule has 3 aromatic rings. The summed E-state index contributed by atoms with van der Waals surface area (Å²) < 4.78 is 24.9. The van der Waals surface area contributed by atoms with Crippen LogP contribution in [0.15, 0.2) is 41.3 Å². The summed E-state index contributed by atoms with van der Waals surface area (Å²) in [4.78, 5) is 23.3. The Hall–Kier alpha value is -3.57. The van der Waals surface area contributed by atoms with Crippen molar-refractivity contribution in [3.05, 3.63) is 80.2 Å². The van der Waals surface area contributed by atoms with Gasteiger partial charge in [-0.05, 0) is 68.7 Å². The molecule has 0 aliphatic rings. The topological polar surface area (TPSA) is 150 Å². The summed E-state index contributed by atoms with van der Waals surface area (Å²) in [7, 11) is -3.91. The highest BCUT2D eigenvalue weighted by atomic mass is 32.2. The Morgan fingerprint density at radius 3 is 2.31 bits per heavy atom. The van der Waals surface area contributed by atoms with Gasteiger partial charge in [0.1, 0.15) is 11.4 Å². The van der Waals surface area contributed by atoms with Crippen LogP contribution in [0.5, 0.6) is 0 Å². The maximum absolute atomic E-state index is 12.7. The number of sulfonamides is 1. The number of aryl methyl sites for hydroxylation is 2. The van der Waals surface area contributed by atoms with Crippen molar-refractivity contribution in [3.8, 4) is 0 Å². The summed E-state index contributed by atoms with van der Waals surface area (Å²) in [5.41, 5.74) is 3.74. The highest BCUT2D eigenvalue weighted by molar-refractivity contribution is 7.89. The van der Waals surface area contributed by atoms with Crippen molar-refractivity contribution < 1.29 is 18.1 Å². The lowest BCUT2D eigenvalue weighted by atomic mass is 10.1. The van der Waals surface area contributed by atoms with E-state index in [1.54, 1.807) is 56.6 Å². The highest BCUT2D eigenvalue weighted by Crippen LogP contribution is 2.25. The van der Waals surface area contributed by atoms with E-state index in [1.807, 2.05) is 0 Å². The summed E-state index contributed by atoms with van der Waals surface area (Å²) in [5.74, 6) is -0.410. The van der Waals surface area contributed by atoms with Crippen LogP contribution < -0.4 is 10.5 Å². The minimum absolute atomic E-state index is 0.00612.